The van der Waals surface area contributed by atoms with Crippen LogP contribution < -0.4 is 10.0 Å². The molecule has 1 heterocycles. The van der Waals surface area contributed by atoms with Crippen molar-refractivity contribution in [1.29, 1.82) is 0 Å². The molecule has 19 heavy (non-hydrogen) atoms. The zero-order valence-electron chi connectivity index (χ0n) is 11.0. The van der Waals surface area contributed by atoms with Crippen LogP contribution >= 0.6 is 15.9 Å². The third kappa shape index (κ3) is 3.67. The average Bonchev–Trinajstić information content (AvgIpc) is 3.08. The van der Waals surface area contributed by atoms with E-state index in [1.54, 1.807) is 12.3 Å². The SMILES string of the molecule is CCNc1ncc(Br)cc1S(=O)(=O)NCC1(C)CC1. The molecule has 0 radical (unpaired) electrons. The molecule has 1 aromatic heterocycles. The normalized spacial score (nSPS) is 17.2. The van der Waals surface area contributed by atoms with E-state index >= 15 is 0 Å². The maximum absolute atomic E-state index is 12.3. The molecule has 1 aromatic rings. The predicted molar refractivity (Wildman–Crippen MR) is 78.6 cm³/mol. The monoisotopic (exact) mass is 347 g/mol. The van der Waals surface area contributed by atoms with Gasteiger partial charge in [-0.05, 0) is 47.2 Å². The fourth-order valence-electron chi connectivity index (χ4n) is 1.66. The van der Waals surface area contributed by atoms with Crippen LogP contribution in [0.4, 0.5) is 5.82 Å². The minimum Gasteiger partial charge on any atom is -0.369 e. The summed E-state index contributed by atoms with van der Waals surface area (Å²) < 4.78 is 28.0. The molecule has 7 heteroatoms. The molecule has 5 nitrogen and oxygen atoms in total. The Kier molecular flexibility index (Phi) is 4.17. The number of halogens is 1. The van der Waals surface area contributed by atoms with Crippen LogP contribution in [0.3, 0.4) is 0 Å². The van der Waals surface area contributed by atoms with E-state index in [-0.39, 0.29) is 10.3 Å². The van der Waals surface area contributed by atoms with Crippen LogP contribution in [0.2, 0.25) is 0 Å². The molecule has 106 valence electrons. The third-order valence-corrected chi connectivity index (χ3v) is 5.09. The van der Waals surface area contributed by atoms with E-state index in [1.165, 1.54) is 0 Å². The Morgan fingerprint density at radius 3 is 2.74 bits per heavy atom. The number of hydrogen-bond acceptors (Lipinski definition) is 4. The van der Waals surface area contributed by atoms with Crippen molar-refractivity contribution in [3.8, 4) is 0 Å². The van der Waals surface area contributed by atoms with Crippen molar-refractivity contribution in [2.75, 3.05) is 18.4 Å². The maximum Gasteiger partial charge on any atom is 0.244 e. The van der Waals surface area contributed by atoms with Gasteiger partial charge in [-0.1, -0.05) is 6.92 Å². The van der Waals surface area contributed by atoms with Crippen molar-refractivity contribution < 1.29 is 8.42 Å². The van der Waals surface area contributed by atoms with Crippen molar-refractivity contribution in [2.45, 2.75) is 31.6 Å². The molecular formula is C12H18BrN3O2S. The van der Waals surface area contributed by atoms with Gasteiger partial charge in [-0.3, -0.25) is 0 Å². The Bertz CT molecular complexity index is 570. The van der Waals surface area contributed by atoms with Crippen LogP contribution in [0.1, 0.15) is 26.7 Å². The van der Waals surface area contributed by atoms with E-state index in [2.05, 4.69) is 37.9 Å². The Morgan fingerprint density at radius 2 is 2.16 bits per heavy atom. The van der Waals surface area contributed by atoms with Crippen LogP contribution in [0.15, 0.2) is 21.6 Å². The summed E-state index contributed by atoms with van der Waals surface area (Å²) in [6.07, 6.45) is 3.73. The standard InChI is InChI=1S/C12H18BrN3O2S/c1-3-14-11-10(6-9(13)7-15-11)19(17,18)16-8-12(2)4-5-12/h6-7,16H,3-5,8H2,1-2H3,(H,14,15). The van der Waals surface area contributed by atoms with E-state index in [0.29, 0.717) is 23.4 Å². The quantitative estimate of drug-likeness (QED) is 0.828. The summed E-state index contributed by atoms with van der Waals surface area (Å²) in [6.45, 7) is 5.08. The lowest BCUT2D eigenvalue weighted by Crippen LogP contribution is -2.30. The molecule has 1 saturated carbocycles. The first kappa shape index (κ1) is 14.7. The summed E-state index contributed by atoms with van der Waals surface area (Å²) >= 11 is 3.26. The second kappa shape index (κ2) is 5.38. The lowest BCUT2D eigenvalue weighted by Gasteiger charge is -2.14. The lowest BCUT2D eigenvalue weighted by atomic mass is 10.2. The van der Waals surface area contributed by atoms with Gasteiger partial charge in [0, 0.05) is 23.8 Å². The van der Waals surface area contributed by atoms with Gasteiger partial charge in [-0.2, -0.15) is 0 Å². The van der Waals surface area contributed by atoms with Gasteiger partial charge in [0.25, 0.3) is 0 Å². The Morgan fingerprint density at radius 1 is 1.47 bits per heavy atom. The minimum atomic E-state index is -3.53. The number of aromatic nitrogens is 1. The second-order valence-electron chi connectivity index (χ2n) is 5.17. The number of nitrogens with zero attached hydrogens (tertiary/aromatic N) is 1. The van der Waals surface area contributed by atoms with Crippen LogP contribution in [0.25, 0.3) is 0 Å². The molecule has 0 spiro atoms. The molecule has 0 saturated heterocycles. The van der Waals surface area contributed by atoms with Gasteiger partial charge in [0.1, 0.15) is 10.7 Å². The highest BCUT2D eigenvalue weighted by atomic mass is 79.9. The van der Waals surface area contributed by atoms with E-state index in [4.69, 9.17) is 0 Å². The highest BCUT2D eigenvalue weighted by Gasteiger charge is 2.38. The average molecular weight is 348 g/mol. The highest BCUT2D eigenvalue weighted by molar-refractivity contribution is 9.10. The highest BCUT2D eigenvalue weighted by Crippen LogP contribution is 2.44. The van der Waals surface area contributed by atoms with E-state index in [1.807, 2.05) is 6.92 Å². The van der Waals surface area contributed by atoms with Gasteiger partial charge in [0.2, 0.25) is 10.0 Å². The largest absolute Gasteiger partial charge is 0.369 e. The van der Waals surface area contributed by atoms with Crippen LogP contribution in [-0.4, -0.2) is 26.5 Å². The van der Waals surface area contributed by atoms with Crippen molar-refractivity contribution in [3.63, 3.8) is 0 Å². The number of rotatable bonds is 6. The molecular weight excluding hydrogens is 330 g/mol. The molecule has 2 rings (SSSR count). The molecule has 0 aromatic carbocycles. The van der Waals surface area contributed by atoms with Gasteiger partial charge in [-0.25, -0.2) is 18.1 Å². The molecule has 0 unspecified atom stereocenters. The summed E-state index contributed by atoms with van der Waals surface area (Å²) in [5, 5.41) is 2.97. The first-order valence-corrected chi connectivity index (χ1v) is 8.53. The number of nitrogens with one attached hydrogen (secondary N) is 2. The Hall–Kier alpha value is -0.660. The minimum absolute atomic E-state index is 0.130. The van der Waals surface area contributed by atoms with Crippen molar-refractivity contribution in [1.82, 2.24) is 9.71 Å². The van der Waals surface area contributed by atoms with Crippen molar-refractivity contribution in [3.05, 3.63) is 16.7 Å². The van der Waals surface area contributed by atoms with E-state index in [9.17, 15) is 8.42 Å². The number of pyridine rings is 1. The zero-order valence-corrected chi connectivity index (χ0v) is 13.4. The summed E-state index contributed by atoms with van der Waals surface area (Å²) in [7, 11) is -3.53. The molecule has 0 aliphatic heterocycles. The fourth-order valence-corrected chi connectivity index (χ4v) is 3.50. The van der Waals surface area contributed by atoms with Gasteiger partial charge in [0.15, 0.2) is 0 Å². The molecule has 2 N–H and O–H groups in total. The number of anilines is 1. The molecule has 1 aliphatic carbocycles. The Balaban J connectivity index is 2.24. The van der Waals surface area contributed by atoms with Gasteiger partial charge in [-0.15, -0.1) is 0 Å². The first-order chi connectivity index (χ1) is 8.86. The zero-order chi connectivity index (χ0) is 14.1. The summed E-state index contributed by atoms with van der Waals surface area (Å²) in [6, 6.07) is 1.57. The predicted octanol–water partition coefficient (Wildman–Crippen LogP) is 2.35. The lowest BCUT2D eigenvalue weighted by molar-refractivity contribution is 0.530. The molecule has 0 amide bonds. The number of hydrogen-bond donors (Lipinski definition) is 2. The smallest absolute Gasteiger partial charge is 0.244 e. The van der Waals surface area contributed by atoms with Crippen LogP contribution in [0.5, 0.6) is 0 Å². The molecule has 1 aliphatic rings. The second-order valence-corrected chi connectivity index (χ2v) is 7.82. The van der Waals surface area contributed by atoms with Gasteiger partial charge in [0.05, 0.1) is 0 Å². The van der Waals surface area contributed by atoms with Gasteiger partial charge < -0.3 is 5.32 Å². The van der Waals surface area contributed by atoms with E-state index in [0.717, 1.165) is 12.8 Å². The van der Waals surface area contributed by atoms with Crippen LogP contribution in [-0.2, 0) is 10.0 Å². The fraction of sp³-hybridized carbons (Fsp3) is 0.583. The Labute approximate surface area is 122 Å². The number of sulfonamides is 1. The first-order valence-electron chi connectivity index (χ1n) is 6.25. The van der Waals surface area contributed by atoms with Crippen molar-refractivity contribution in [2.24, 2.45) is 5.41 Å². The summed E-state index contributed by atoms with van der Waals surface area (Å²) in [4.78, 5) is 4.31. The molecule has 1 fully saturated rings. The van der Waals surface area contributed by atoms with Crippen LogP contribution in [0, 0.1) is 5.41 Å². The topological polar surface area (TPSA) is 71.1 Å². The third-order valence-electron chi connectivity index (χ3n) is 3.25. The molecule has 0 atom stereocenters. The summed E-state index contributed by atoms with van der Waals surface area (Å²) in [5.74, 6) is 0.388. The van der Waals surface area contributed by atoms with E-state index < -0.39 is 10.0 Å². The van der Waals surface area contributed by atoms with Gasteiger partial charge >= 0.3 is 0 Å². The summed E-state index contributed by atoms with van der Waals surface area (Å²) in [5.41, 5.74) is 0.130. The molecule has 0 bridgehead atoms. The van der Waals surface area contributed by atoms with Crippen molar-refractivity contribution >= 4 is 31.8 Å². The maximum atomic E-state index is 12.3.